The van der Waals surface area contributed by atoms with Crippen LogP contribution in [0.5, 0.6) is 0 Å². The van der Waals surface area contributed by atoms with Crippen LogP contribution in [-0.2, 0) is 6.18 Å². The van der Waals surface area contributed by atoms with Crippen LogP contribution in [0.2, 0.25) is 0 Å². The summed E-state index contributed by atoms with van der Waals surface area (Å²) in [6.45, 7) is 6.35. The normalized spacial score (nSPS) is 17.0. The number of hydrogen-bond acceptors (Lipinski definition) is 6. The van der Waals surface area contributed by atoms with Crippen LogP contribution >= 0.6 is 0 Å². The molecule has 0 spiro atoms. The van der Waals surface area contributed by atoms with Crippen LogP contribution in [0.15, 0.2) is 36.5 Å². The molecule has 1 atom stereocenters. The first-order valence-corrected chi connectivity index (χ1v) is 9.57. The summed E-state index contributed by atoms with van der Waals surface area (Å²) < 4.78 is 39.2. The molecule has 158 valence electrons. The molecule has 6 nitrogen and oxygen atoms in total. The molecule has 2 aromatic heterocycles. The zero-order valence-electron chi connectivity index (χ0n) is 16.8. The Morgan fingerprint density at radius 3 is 2.60 bits per heavy atom. The number of aryl methyl sites for hydroxylation is 1. The van der Waals surface area contributed by atoms with Crippen LogP contribution in [0.1, 0.15) is 36.7 Å². The molecule has 1 fully saturated rings. The van der Waals surface area contributed by atoms with Crippen molar-refractivity contribution in [2.75, 3.05) is 23.3 Å². The first kappa shape index (κ1) is 20.3. The van der Waals surface area contributed by atoms with Gasteiger partial charge in [-0.3, -0.25) is 4.98 Å². The van der Waals surface area contributed by atoms with E-state index in [2.05, 4.69) is 20.5 Å². The van der Waals surface area contributed by atoms with Crippen molar-refractivity contribution in [3.8, 4) is 0 Å². The van der Waals surface area contributed by atoms with Gasteiger partial charge in [-0.05, 0) is 44.5 Å². The van der Waals surface area contributed by atoms with Gasteiger partial charge in [0, 0.05) is 18.5 Å². The van der Waals surface area contributed by atoms with E-state index in [1.165, 1.54) is 6.07 Å². The number of hydrogen-bond donors (Lipinski definition) is 2. The number of aromatic nitrogens is 3. The number of rotatable bonds is 4. The number of alkyl halides is 3. The number of β-amino-alcohol motifs (C(OH)–C–C–N with tert-alkyl or cyclic N) is 1. The lowest BCUT2D eigenvalue weighted by Crippen LogP contribution is -2.60. The summed E-state index contributed by atoms with van der Waals surface area (Å²) in [5, 5.41) is 22.3. The zero-order chi connectivity index (χ0) is 21.7. The third-order valence-electron chi connectivity index (χ3n) is 5.27. The van der Waals surface area contributed by atoms with E-state index in [-0.39, 0.29) is 0 Å². The zero-order valence-corrected chi connectivity index (χ0v) is 16.8. The van der Waals surface area contributed by atoms with E-state index in [0.29, 0.717) is 35.7 Å². The number of anilines is 2. The minimum absolute atomic E-state index is 0.430. The van der Waals surface area contributed by atoms with Gasteiger partial charge in [-0.2, -0.15) is 18.3 Å². The van der Waals surface area contributed by atoms with E-state index in [1.54, 1.807) is 33.0 Å². The topological polar surface area (TPSA) is 74.2 Å². The van der Waals surface area contributed by atoms with Crippen molar-refractivity contribution in [3.63, 3.8) is 0 Å². The Morgan fingerprint density at radius 2 is 1.93 bits per heavy atom. The largest absolute Gasteiger partial charge is 0.416 e. The molecule has 4 rings (SSSR count). The van der Waals surface area contributed by atoms with E-state index < -0.39 is 23.4 Å². The Morgan fingerprint density at radius 1 is 1.20 bits per heavy atom. The molecular formula is C21H22F3N5O. The highest BCUT2D eigenvalue weighted by molar-refractivity contribution is 5.92. The molecule has 0 radical (unpaired) electrons. The summed E-state index contributed by atoms with van der Waals surface area (Å²) in [7, 11) is 0. The van der Waals surface area contributed by atoms with Crippen LogP contribution in [-0.4, -0.2) is 39.0 Å². The first-order chi connectivity index (χ1) is 14.0. The van der Waals surface area contributed by atoms with Gasteiger partial charge in [-0.1, -0.05) is 12.1 Å². The molecule has 0 aliphatic carbocycles. The Balaban J connectivity index is 1.66. The van der Waals surface area contributed by atoms with Gasteiger partial charge in [0.05, 0.1) is 40.3 Å². The molecular weight excluding hydrogens is 395 g/mol. The molecule has 1 aliphatic rings. The number of nitrogens with zero attached hydrogens (tertiary/aromatic N) is 4. The van der Waals surface area contributed by atoms with E-state index in [4.69, 9.17) is 0 Å². The lowest BCUT2D eigenvalue weighted by molar-refractivity contribution is -0.137. The molecule has 3 heterocycles. The second kappa shape index (κ2) is 7.09. The third kappa shape index (κ3) is 3.89. The average molecular weight is 417 g/mol. The van der Waals surface area contributed by atoms with Gasteiger partial charge in [0.2, 0.25) is 0 Å². The summed E-state index contributed by atoms with van der Waals surface area (Å²) in [6, 6.07) is 6.71. The maximum atomic E-state index is 13.1. The number of aliphatic hydroxyl groups is 1. The molecule has 3 aromatic rings. The highest BCUT2D eigenvalue weighted by Gasteiger charge is 2.37. The molecule has 1 unspecified atom stereocenters. The fourth-order valence-electron chi connectivity index (χ4n) is 3.66. The molecule has 1 aliphatic heterocycles. The summed E-state index contributed by atoms with van der Waals surface area (Å²) in [4.78, 5) is 6.51. The first-order valence-electron chi connectivity index (χ1n) is 9.57. The smallest absolute Gasteiger partial charge is 0.386 e. The second-order valence-corrected chi connectivity index (χ2v) is 8.07. The molecule has 0 bridgehead atoms. The number of fused-ring (bicyclic) bond motifs is 1. The molecule has 30 heavy (non-hydrogen) atoms. The lowest BCUT2D eigenvalue weighted by atomic mass is 9.96. The average Bonchev–Trinajstić information content (AvgIpc) is 2.67. The quantitative estimate of drug-likeness (QED) is 0.666. The van der Waals surface area contributed by atoms with Crippen molar-refractivity contribution in [1.29, 1.82) is 0 Å². The lowest BCUT2D eigenvalue weighted by Gasteiger charge is -2.45. The van der Waals surface area contributed by atoms with Crippen molar-refractivity contribution < 1.29 is 18.3 Å². The minimum atomic E-state index is -4.40. The molecule has 1 aromatic carbocycles. The van der Waals surface area contributed by atoms with E-state index >= 15 is 0 Å². The molecule has 1 saturated heterocycles. The maximum absolute atomic E-state index is 13.1. The predicted molar refractivity (Wildman–Crippen MR) is 108 cm³/mol. The number of pyridine rings is 1. The summed E-state index contributed by atoms with van der Waals surface area (Å²) in [6.07, 6.45) is -2.67. The van der Waals surface area contributed by atoms with Gasteiger partial charge in [-0.25, -0.2) is 0 Å². The summed E-state index contributed by atoms with van der Waals surface area (Å²) in [5.41, 5.74) is 1.24. The SMILES string of the molecule is Cc1nnc(NC(C)c2cccc(C(F)(F)F)c2)c2cc(N3CC(C)(O)C3)cnc12. The van der Waals surface area contributed by atoms with E-state index in [0.717, 1.165) is 23.2 Å². The second-order valence-electron chi connectivity index (χ2n) is 8.07. The maximum Gasteiger partial charge on any atom is 0.416 e. The minimum Gasteiger partial charge on any atom is -0.386 e. The predicted octanol–water partition coefficient (Wildman–Crippen LogP) is 4.10. The Bertz CT molecular complexity index is 1090. The molecule has 2 N–H and O–H groups in total. The van der Waals surface area contributed by atoms with Crippen LogP contribution in [0.4, 0.5) is 24.7 Å². The van der Waals surface area contributed by atoms with Crippen molar-refractivity contribution in [1.82, 2.24) is 15.2 Å². The fourth-order valence-corrected chi connectivity index (χ4v) is 3.66. The van der Waals surface area contributed by atoms with Gasteiger partial charge in [0.1, 0.15) is 0 Å². The van der Waals surface area contributed by atoms with Gasteiger partial charge >= 0.3 is 6.18 Å². The van der Waals surface area contributed by atoms with Crippen molar-refractivity contribution in [3.05, 3.63) is 53.3 Å². The summed E-state index contributed by atoms with van der Waals surface area (Å²) >= 11 is 0. The van der Waals surface area contributed by atoms with Crippen LogP contribution in [0.3, 0.4) is 0 Å². The highest BCUT2D eigenvalue weighted by Crippen LogP contribution is 2.34. The van der Waals surface area contributed by atoms with Crippen molar-refractivity contribution in [2.45, 2.75) is 38.6 Å². The Kier molecular flexibility index (Phi) is 4.80. The Hall–Kier alpha value is -2.94. The molecule has 0 saturated carbocycles. The van der Waals surface area contributed by atoms with E-state index in [1.807, 2.05) is 11.0 Å². The number of benzene rings is 1. The molecule has 9 heteroatoms. The van der Waals surface area contributed by atoms with Crippen molar-refractivity contribution in [2.24, 2.45) is 0 Å². The number of halogens is 3. The molecule has 0 amide bonds. The van der Waals surface area contributed by atoms with Crippen LogP contribution in [0.25, 0.3) is 10.9 Å². The highest BCUT2D eigenvalue weighted by atomic mass is 19.4. The summed E-state index contributed by atoms with van der Waals surface area (Å²) in [5.74, 6) is 0.446. The number of nitrogens with one attached hydrogen (secondary N) is 1. The van der Waals surface area contributed by atoms with Gasteiger partial charge in [-0.15, -0.1) is 5.10 Å². The monoisotopic (exact) mass is 417 g/mol. The van der Waals surface area contributed by atoms with Crippen molar-refractivity contribution >= 4 is 22.4 Å². The van der Waals surface area contributed by atoms with Crippen LogP contribution in [0, 0.1) is 6.92 Å². The third-order valence-corrected chi connectivity index (χ3v) is 5.27. The van der Waals surface area contributed by atoms with Crippen LogP contribution < -0.4 is 10.2 Å². The van der Waals surface area contributed by atoms with Gasteiger partial charge in [0.25, 0.3) is 0 Å². The van der Waals surface area contributed by atoms with Gasteiger partial charge < -0.3 is 15.3 Å². The Labute approximate surface area is 171 Å². The van der Waals surface area contributed by atoms with E-state index in [9.17, 15) is 18.3 Å². The van der Waals surface area contributed by atoms with Gasteiger partial charge in [0.15, 0.2) is 5.82 Å². The standard InChI is InChI=1S/C21H22F3N5O/c1-12(14-5-4-6-15(7-14)21(22,23)24)26-19-17-8-16(29-10-20(3,30)11-29)9-25-18(17)13(2)27-28-19/h4-9,12,30H,10-11H2,1-3H3,(H,26,28). The fraction of sp³-hybridized carbons (Fsp3) is 0.381.